The number of hydrogen-bond acceptors (Lipinski definition) is 4. The van der Waals surface area contributed by atoms with Crippen LogP contribution in [0.3, 0.4) is 0 Å². The molecule has 0 aliphatic rings. The third kappa shape index (κ3) is 2.71. The van der Waals surface area contributed by atoms with E-state index in [2.05, 4.69) is 16.4 Å². The van der Waals surface area contributed by atoms with Crippen LogP contribution < -0.4 is 11.1 Å². The molecule has 1 rings (SSSR count). The van der Waals surface area contributed by atoms with Crippen molar-refractivity contribution in [3.63, 3.8) is 0 Å². The van der Waals surface area contributed by atoms with Crippen molar-refractivity contribution in [1.29, 1.82) is 5.26 Å². The van der Waals surface area contributed by atoms with Crippen molar-refractivity contribution in [3.05, 3.63) is 23.4 Å². The fraction of sp³-hybridized carbons (Fsp3) is 0.400. The summed E-state index contributed by atoms with van der Waals surface area (Å²) in [4.78, 5) is 4.24. The number of aromatic nitrogens is 1. The maximum Gasteiger partial charge on any atom is 0.144 e. The van der Waals surface area contributed by atoms with Gasteiger partial charge in [-0.05, 0) is 32.0 Å². The van der Waals surface area contributed by atoms with E-state index in [4.69, 9.17) is 11.0 Å². The predicted molar refractivity (Wildman–Crippen MR) is 55.9 cm³/mol. The van der Waals surface area contributed by atoms with Gasteiger partial charge in [-0.15, -0.1) is 0 Å². The lowest BCUT2D eigenvalue weighted by molar-refractivity contribution is 0.868. The standard InChI is InChI=1S/C10H14N4/c1-8-3-4-9(7-12)10(14-8)13-6-2-5-11/h3-4H,2,5-6,11H2,1H3,(H,13,14). The van der Waals surface area contributed by atoms with Crippen molar-refractivity contribution in [2.45, 2.75) is 13.3 Å². The molecule has 0 aliphatic carbocycles. The molecule has 0 amide bonds. The van der Waals surface area contributed by atoms with E-state index in [0.29, 0.717) is 17.9 Å². The summed E-state index contributed by atoms with van der Waals surface area (Å²) in [5.41, 5.74) is 6.85. The zero-order valence-electron chi connectivity index (χ0n) is 8.25. The molecule has 0 aliphatic heterocycles. The van der Waals surface area contributed by atoms with Crippen molar-refractivity contribution >= 4 is 5.82 Å². The van der Waals surface area contributed by atoms with E-state index in [1.54, 1.807) is 6.07 Å². The van der Waals surface area contributed by atoms with Crippen molar-refractivity contribution in [1.82, 2.24) is 4.98 Å². The molecular weight excluding hydrogens is 176 g/mol. The van der Waals surface area contributed by atoms with E-state index in [9.17, 15) is 0 Å². The highest BCUT2D eigenvalue weighted by Gasteiger charge is 2.02. The van der Waals surface area contributed by atoms with Gasteiger partial charge in [0.15, 0.2) is 0 Å². The van der Waals surface area contributed by atoms with E-state index < -0.39 is 0 Å². The summed E-state index contributed by atoms with van der Waals surface area (Å²) < 4.78 is 0. The summed E-state index contributed by atoms with van der Waals surface area (Å²) in [6.45, 7) is 3.29. The van der Waals surface area contributed by atoms with E-state index in [1.807, 2.05) is 13.0 Å². The van der Waals surface area contributed by atoms with Crippen LogP contribution >= 0.6 is 0 Å². The van der Waals surface area contributed by atoms with Gasteiger partial charge in [-0.25, -0.2) is 4.98 Å². The number of anilines is 1. The van der Waals surface area contributed by atoms with Gasteiger partial charge in [0.25, 0.3) is 0 Å². The number of nitrogens with two attached hydrogens (primary N) is 1. The van der Waals surface area contributed by atoms with Gasteiger partial charge < -0.3 is 11.1 Å². The van der Waals surface area contributed by atoms with Gasteiger partial charge in [0, 0.05) is 12.2 Å². The summed E-state index contributed by atoms with van der Waals surface area (Å²) in [5.74, 6) is 0.654. The third-order valence-corrected chi connectivity index (χ3v) is 1.83. The molecular formula is C10H14N4. The van der Waals surface area contributed by atoms with Crippen LogP contribution in [0.2, 0.25) is 0 Å². The van der Waals surface area contributed by atoms with Crippen LogP contribution in [0.4, 0.5) is 5.82 Å². The van der Waals surface area contributed by atoms with E-state index in [0.717, 1.165) is 18.7 Å². The Labute approximate surface area is 83.8 Å². The number of aryl methyl sites for hydroxylation is 1. The normalized spacial score (nSPS) is 9.50. The van der Waals surface area contributed by atoms with Crippen LogP contribution in [0, 0.1) is 18.3 Å². The van der Waals surface area contributed by atoms with Crippen LogP contribution in [0.15, 0.2) is 12.1 Å². The van der Waals surface area contributed by atoms with Gasteiger partial charge in [-0.3, -0.25) is 0 Å². The summed E-state index contributed by atoms with van der Waals surface area (Å²) in [6.07, 6.45) is 0.875. The summed E-state index contributed by atoms with van der Waals surface area (Å²) in [5, 5.41) is 11.9. The van der Waals surface area contributed by atoms with Crippen molar-refractivity contribution in [2.24, 2.45) is 5.73 Å². The van der Waals surface area contributed by atoms with Gasteiger partial charge in [0.1, 0.15) is 11.9 Å². The molecule has 4 heteroatoms. The molecule has 0 bridgehead atoms. The van der Waals surface area contributed by atoms with Crippen molar-refractivity contribution < 1.29 is 0 Å². The monoisotopic (exact) mass is 190 g/mol. The Morgan fingerprint density at radius 3 is 3.00 bits per heavy atom. The number of hydrogen-bond donors (Lipinski definition) is 2. The first-order valence-corrected chi connectivity index (χ1v) is 4.59. The molecule has 0 aromatic carbocycles. The fourth-order valence-electron chi connectivity index (χ4n) is 1.09. The lowest BCUT2D eigenvalue weighted by Gasteiger charge is -2.06. The number of rotatable bonds is 4. The molecule has 0 radical (unpaired) electrons. The smallest absolute Gasteiger partial charge is 0.144 e. The van der Waals surface area contributed by atoms with Crippen LogP contribution in [-0.4, -0.2) is 18.1 Å². The molecule has 0 unspecified atom stereocenters. The first kappa shape index (κ1) is 10.5. The van der Waals surface area contributed by atoms with Gasteiger partial charge in [0.05, 0.1) is 5.56 Å². The number of nitriles is 1. The lowest BCUT2D eigenvalue weighted by Crippen LogP contribution is -2.10. The lowest BCUT2D eigenvalue weighted by atomic mass is 10.2. The summed E-state index contributed by atoms with van der Waals surface area (Å²) >= 11 is 0. The van der Waals surface area contributed by atoms with Crippen molar-refractivity contribution in [3.8, 4) is 6.07 Å². The van der Waals surface area contributed by atoms with Crippen molar-refractivity contribution in [2.75, 3.05) is 18.4 Å². The minimum absolute atomic E-state index is 0.577. The average molecular weight is 190 g/mol. The van der Waals surface area contributed by atoms with Crippen LogP contribution in [0.25, 0.3) is 0 Å². The molecule has 0 saturated carbocycles. The third-order valence-electron chi connectivity index (χ3n) is 1.83. The second kappa shape index (κ2) is 5.20. The Morgan fingerprint density at radius 2 is 2.36 bits per heavy atom. The Balaban J connectivity index is 2.73. The SMILES string of the molecule is Cc1ccc(C#N)c(NCCCN)n1. The maximum absolute atomic E-state index is 8.81. The van der Waals surface area contributed by atoms with Gasteiger partial charge in [-0.1, -0.05) is 0 Å². The molecule has 0 atom stereocenters. The Bertz CT molecular complexity index is 340. The Kier molecular flexibility index (Phi) is 3.89. The van der Waals surface area contributed by atoms with Gasteiger partial charge in [0.2, 0.25) is 0 Å². The number of nitrogens with one attached hydrogen (secondary N) is 1. The quantitative estimate of drug-likeness (QED) is 0.695. The van der Waals surface area contributed by atoms with Crippen LogP contribution in [-0.2, 0) is 0 Å². The second-order valence-corrected chi connectivity index (χ2v) is 3.03. The Morgan fingerprint density at radius 1 is 1.57 bits per heavy atom. The van der Waals surface area contributed by atoms with E-state index in [-0.39, 0.29) is 0 Å². The summed E-state index contributed by atoms with van der Waals surface area (Å²) in [7, 11) is 0. The largest absolute Gasteiger partial charge is 0.369 e. The molecule has 1 aromatic rings. The topological polar surface area (TPSA) is 74.7 Å². The molecule has 0 fully saturated rings. The molecule has 0 saturated heterocycles. The highest BCUT2D eigenvalue weighted by atomic mass is 15.0. The van der Waals surface area contributed by atoms with Gasteiger partial charge >= 0.3 is 0 Å². The number of pyridine rings is 1. The zero-order valence-corrected chi connectivity index (χ0v) is 8.25. The molecule has 4 nitrogen and oxygen atoms in total. The molecule has 0 spiro atoms. The van der Waals surface area contributed by atoms with Gasteiger partial charge in [-0.2, -0.15) is 5.26 Å². The minimum Gasteiger partial charge on any atom is -0.369 e. The Hall–Kier alpha value is -1.60. The van der Waals surface area contributed by atoms with Crippen LogP contribution in [0.1, 0.15) is 17.7 Å². The van der Waals surface area contributed by atoms with E-state index >= 15 is 0 Å². The average Bonchev–Trinajstić information content (AvgIpc) is 2.19. The fourth-order valence-corrected chi connectivity index (χ4v) is 1.09. The molecule has 74 valence electrons. The second-order valence-electron chi connectivity index (χ2n) is 3.03. The summed E-state index contributed by atoms with van der Waals surface area (Å²) in [6, 6.07) is 5.69. The predicted octanol–water partition coefficient (Wildman–Crippen LogP) is 1.02. The zero-order chi connectivity index (χ0) is 10.4. The molecule has 14 heavy (non-hydrogen) atoms. The van der Waals surface area contributed by atoms with Crippen LogP contribution in [0.5, 0.6) is 0 Å². The highest BCUT2D eigenvalue weighted by molar-refractivity contribution is 5.52. The molecule has 1 heterocycles. The first-order valence-electron chi connectivity index (χ1n) is 4.59. The van der Waals surface area contributed by atoms with E-state index in [1.165, 1.54) is 0 Å². The number of nitrogens with zero attached hydrogens (tertiary/aromatic N) is 2. The first-order chi connectivity index (χ1) is 6.77. The molecule has 3 N–H and O–H groups in total. The highest BCUT2D eigenvalue weighted by Crippen LogP contribution is 2.11. The minimum atomic E-state index is 0.577. The maximum atomic E-state index is 8.81. The molecule has 1 aromatic heterocycles.